The summed E-state index contributed by atoms with van der Waals surface area (Å²) >= 11 is 12.4. The SMILES string of the molecule is CC1(C)OB(C(F)=C(CN2CCC(N)C2)c2ccc(Cl)cc2Cl)OC1(C)C. The van der Waals surface area contributed by atoms with Gasteiger partial charge in [-0.15, -0.1) is 0 Å². The second kappa shape index (κ2) is 7.66. The zero-order valence-electron chi connectivity index (χ0n) is 16.2. The Bertz CT molecular complexity index is 741. The predicted octanol–water partition coefficient (Wildman–Crippen LogP) is 4.34. The van der Waals surface area contributed by atoms with Gasteiger partial charge in [-0.05, 0) is 51.8 Å². The van der Waals surface area contributed by atoms with E-state index in [0.717, 1.165) is 13.0 Å². The van der Waals surface area contributed by atoms with Gasteiger partial charge in [0.05, 0.1) is 11.2 Å². The first-order valence-corrected chi connectivity index (χ1v) is 9.93. The van der Waals surface area contributed by atoms with Gasteiger partial charge in [0.1, 0.15) is 5.73 Å². The van der Waals surface area contributed by atoms with Crippen molar-refractivity contribution in [1.29, 1.82) is 0 Å². The third-order valence-electron chi connectivity index (χ3n) is 5.70. The van der Waals surface area contributed by atoms with Crippen LogP contribution in [-0.2, 0) is 9.31 Å². The number of nitrogens with two attached hydrogens (primary N) is 1. The summed E-state index contributed by atoms with van der Waals surface area (Å²) in [5.74, 6) is 0. The van der Waals surface area contributed by atoms with Gasteiger partial charge in [-0.2, -0.15) is 0 Å². The average Bonchev–Trinajstić information content (AvgIpc) is 3.05. The van der Waals surface area contributed by atoms with E-state index in [2.05, 4.69) is 4.90 Å². The molecule has 0 aromatic heterocycles. The fraction of sp³-hybridized carbons (Fsp3) is 0.579. The fourth-order valence-corrected chi connectivity index (χ4v) is 3.86. The summed E-state index contributed by atoms with van der Waals surface area (Å²) in [6.45, 7) is 9.50. The highest BCUT2D eigenvalue weighted by molar-refractivity contribution is 6.55. The van der Waals surface area contributed by atoms with Gasteiger partial charge >= 0.3 is 7.12 Å². The number of rotatable bonds is 4. The molecule has 4 nitrogen and oxygen atoms in total. The van der Waals surface area contributed by atoms with Crippen LogP contribution in [0.25, 0.3) is 5.57 Å². The molecule has 27 heavy (non-hydrogen) atoms. The van der Waals surface area contributed by atoms with E-state index in [1.165, 1.54) is 0 Å². The highest BCUT2D eigenvalue weighted by Crippen LogP contribution is 2.41. The minimum Gasteiger partial charge on any atom is -0.398 e. The van der Waals surface area contributed by atoms with Crippen LogP contribution in [0.1, 0.15) is 39.7 Å². The molecular weight excluding hydrogens is 389 g/mol. The minimum absolute atomic E-state index is 0.104. The largest absolute Gasteiger partial charge is 0.525 e. The zero-order valence-corrected chi connectivity index (χ0v) is 17.7. The van der Waals surface area contributed by atoms with Gasteiger partial charge in [-0.3, -0.25) is 4.90 Å². The predicted molar refractivity (Wildman–Crippen MR) is 110 cm³/mol. The monoisotopic (exact) mass is 414 g/mol. The van der Waals surface area contributed by atoms with Crippen LogP contribution >= 0.6 is 23.2 Å². The van der Waals surface area contributed by atoms with Crippen molar-refractivity contribution in [3.8, 4) is 0 Å². The smallest absolute Gasteiger partial charge is 0.398 e. The highest BCUT2D eigenvalue weighted by atomic mass is 35.5. The molecule has 2 heterocycles. The van der Waals surface area contributed by atoms with Crippen LogP contribution in [0.4, 0.5) is 4.39 Å². The maximum absolute atomic E-state index is 15.7. The van der Waals surface area contributed by atoms with Gasteiger partial charge in [0.2, 0.25) is 0 Å². The van der Waals surface area contributed by atoms with Crippen LogP contribution in [0.5, 0.6) is 0 Å². The van der Waals surface area contributed by atoms with Crippen LogP contribution < -0.4 is 5.73 Å². The second-order valence-electron chi connectivity index (χ2n) is 8.32. The average molecular weight is 415 g/mol. The number of halogens is 3. The van der Waals surface area contributed by atoms with E-state index in [4.69, 9.17) is 38.2 Å². The number of benzene rings is 1. The number of nitrogens with zero attached hydrogens (tertiary/aromatic N) is 1. The van der Waals surface area contributed by atoms with E-state index in [1.807, 2.05) is 27.7 Å². The Hall–Kier alpha value is -0.625. The van der Waals surface area contributed by atoms with Gasteiger partial charge in [0.25, 0.3) is 0 Å². The van der Waals surface area contributed by atoms with Gasteiger partial charge in [-0.25, -0.2) is 4.39 Å². The Morgan fingerprint density at radius 2 is 1.89 bits per heavy atom. The van der Waals surface area contributed by atoms with E-state index in [-0.39, 0.29) is 6.04 Å². The van der Waals surface area contributed by atoms with Crippen molar-refractivity contribution in [3.63, 3.8) is 0 Å². The molecule has 2 saturated heterocycles. The van der Waals surface area contributed by atoms with Crippen LogP contribution in [0.15, 0.2) is 23.9 Å². The summed E-state index contributed by atoms with van der Waals surface area (Å²) in [6, 6.07) is 5.16. The van der Waals surface area contributed by atoms with E-state index < -0.39 is 24.0 Å². The number of likely N-dealkylation sites (tertiary alicyclic amines) is 1. The van der Waals surface area contributed by atoms with Crippen molar-refractivity contribution < 1.29 is 13.7 Å². The molecule has 1 aromatic carbocycles. The van der Waals surface area contributed by atoms with Crippen LogP contribution in [0.3, 0.4) is 0 Å². The van der Waals surface area contributed by atoms with E-state index in [0.29, 0.717) is 34.3 Å². The summed E-state index contributed by atoms with van der Waals surface area (Å²) in [7, 11) is -1.08. The molecule has 2 fully saturated rings. The third-order valence-corrected chi connectivity index (χ3v) is 6.24. The zero-order chi connectivity index (χ0) is 20.0. The molecule has 148 valence electrons. The fourth-order valence-electron chi connectivity index (χ4n) is 3.34. The molecule has 0 amide bonds. The summed E-state index contributed by atoms with van der Waals surface area (Å²) in [5, 5.41) is 0.898. The summed E-state index contributed by atoms with van der Waals surface area (Å²) in [4.78, 5) is 2.12. The maximum atomic E-state index is 15.7. The molecule has 0 bridgehead atoms. The first kappa shape index (κ1) is 21.1. The second-order valence-corrected chi connectivity index (χ2v) is 9.17. The van der Waals surface area contributed by atoms with Crippen molar-refractivity contribution in [1.82, 2.24) is 4.90 Å². The number of hydrogen-bond acceptors (Lipinski definition) is 4. The molecule has 1 unspecified atom stereocenters. The van der Waals surface area contributed by atoms with Crippen molar-refractivity contribution >= 4 is 35.9 Å². The molecule has 2 aliphatic rings. The highest BCUT2D eigenvalue weighted by Gasteiger charge is 2.53. The quantitative estimate of drug-likeness (QED) is 0.744. The lowest BCUT2D eigenvalue weighted by Crippen LogP contribution is -2.41. The lowest BCUT2D eigenvalue weighted by atomic mass is 9.82. The standard InChI is InChI=1S/C19H26BCl2FN2O2/c1-18(2)19(3,4)27-20(26-18)17(23)15(11-25-8-7-13(24)10-25)14-6-5-12(21)9-16(14)22/h5-6,9,13H,7-8,10-11,24H2,1-4H3. The maximum Gasteiger partial charge on any atom is 0.525 e. The molecule has 1 aromatic rings. The summed E-state index contributed by atoms with van der Waals surface area (Å²) in [6.07, 6.45) is 0.889. The van der Waals surface area contributed by atoms with Crippen LogP contribution in [0, 0.1) is 0 Å². The molecule has 0 aliphatic carbocycles. The molecule has 2 aliphatic heterocycles. The number of hydrogen-bond donors (Lipinski definition) is 1. The van der Waals surface area contributed by atoms with Crippen LogP contribution in [-0.4, -0.2) is 48.9 Å². The van der Waals surface area contributed by atoms with Gasteiger partial charge in [-0.1, -0.05) is 29.3 Å². The molecule has 0 saturated carbocycles. The van der Waals surface area contributed by atoms with Crippen molar-refractivity contribution in [2.75, 3.05) is 19.6 Å². The lowest BCUT2D eigenvalue weighted by Gasteiger charge is -2.32. The molecule has 0 spiro atoms. The van der Waals surface area contributed by atoms with Crippen LogP contribution in [0.2, 0.25) is 10.0 Å². The Morgan fingerprint density at radius 1 is 1.26 bits per heavy atom. The van der Waals surface area contributed by atoms with E-state index >= 15 is 4.39 Å². The molecule has 0 radical (unpaired) electrons. The molecule has 1 atom stereocenters. The van der Waals surface area contributed by atoms with E-state index in [1.54, 1.807) is 18.2 Å². The minimum atomic E-state index is -1.08. The van der Waals surface area contributed by atoms with Gasteiger partial charge in [0, 0.05) is 41.3 Å². The van der Waals surface area contributed by atoms with Gasteiger partial charge < -0.3 is 15.0 Å². The van der Waals surface area contributed by atoms with Crippen molar-refractivity contribution in [2.45, 2.75) is 51.4 Å². The molecule has 3 rings (SSSR count). The Kier molecular flexibility index (Phi) is 5.98. The molecular formula is C19H26BCl2FN2O2. The Balaban J connectivity index is 1.99. The first-order valence-electron chi connectivity index (χ1n) is 9.18. The summed E-state index contributed by atoms with van der Waals surface area (Å²) in [5.41, 5.74) is 5.34. The molecule has 2 N–H and O–H groups in total. The van der Waals surface area contributed by atoms with Gasteiger partial charge in [0.15, 0.2) is 0 Å². The lowest BCUT2D eigenvalue weighted by molar-refractivity contribution is 0.00578. The Labute approximate surface area is 170 Å². The van der Waals surface area contributed by atoms with E-state index in [9.17, 15) is 0 Å². The summed E-state index contributed by atoms with van der Waals surface area (Å²) < 4.78 is 27.5. The van der Waals surface area contributed by atoms with Crippen molar-refractivity contribution in [3.05, 3.63) is 39.5 Å². The normalized spacial score (nSPS) is 25.8. The van der Waals surface area contributed by atoms with Crippen molar-refractivity contribution in [2.24, 2.45) is 5.73 Å². The Morgan fingerprint density at radius 3 is 2.41 bits per heavy atom. The third kappa shape index (κ3) is 4.36. The first-order chi connectivity index (χ1) is 12.5. The topological polar surface area (TPSA) is 47.7 Å². The molecule has 8 heteroatoms.